The highest BCUT2D eigenvalue weighted by Crippen LogP contribution is 2.47. The quantitative estimate of drug-likeness (QED) is 0.509. The van der Waals surface area contributed by atoms with E-state index in [4.69, 9.17) is 16.1 Å². The zero-order valence-corrected chi connectivity index (χ0v) is 16.2. The number of hydrogen-bond acceptors (Lipinski definition) is 6. The van der Waals surface area contributed by atoms with Gasteiger partial charge in [-0.05, 0) is 42.5 Å². The molecular formula is C19H16ClFN6O2. The maximum Gasteiger partial charge on any atom is 0.280 e. The Morgan fingerprint density at radius 3 is 2.86 bits per heavy atom. The van der Waals surface area contributed by atoms with E-state index in [0.717, 1.165) is 12.8 Å². The number of benzene rings is 1. The number of nitrogens with zero attached hydrogens (tertiary/aromatic N) is 6. The van der Waals surface area contributed by atoms with Gasteiger partial charge in [0.2, 0.25) is 5.89 Å². The van der Waals surface area contributed by atoms with Crippen molar-refractivity contribution in [2.24, 2.45) is 7.05 Å². The second-order valence-electron chi connectivity index (χ2n) is 7.28. The van der Waals surface area contributed by atoms with E-state index >= 15 is 0 Å². The highest BCUT2D eigenvalue weighted by atomic mass is 35.5. The van der Waals surface area contributed by atoms with Crippen molar-refractivity contribution in [3.8, 4) is 0 Å². The van der Waals surface area contributed by atoms with Crippen LogP contribution < -0.4 is 5.56 Å². The van der Waals surface area contributed by atoms with E-state index in [1.54, 1.807) is 30.1 Å². The summed E-state index contributed by atoms with van der Waals surface area (Å²) in [4.78, 5) is 25.3. The predicted molar refractivity (Wildman–Crippen MR) is 102 cm³/mol. The Balaban J connectivity index is 1.31. The fourth-order valence-electron chi connectivity index (χ4n) is 3.74. The standard InChI is InChI=1S/C19H16ClFN6O2/c1-26-8-22-18-16(26)19(28)27(9-23-18)7-15-24-17(25-29-15)11-4-10(5-11)13-6-12(20)2-3-14(13)21/h2-3,6,8-11H,4-5,7H2,1H3. The Morgan fingerprint density at radius 2 is 2.03 bits per heavy atom. The smallest absolute Gasteiger partial charge is 0.280 e. The molecule has 0 unspecified atom stereocenters. The lowest BCUT2D eigenvalue weighted by Crippen LogP contribution is -2.23. The van der Waals surface area contributed by atoms with Crippen molar-refractivity contribution in [3.63, 3.8) is 0 Å². The molecule has 3 heterocycles. The van der Waals surface area contributed by atoms with Gasteiger partial charge in [0.05, 0.1) is 6.33 Å². The number of halogens is 2. The number of hydrogen-bond donors (Lipinski definition) is 0. The summed E-state index contributed by atoms with van der Waals surface area (Å²) >= 11 is 5.98. The minimum atomic E-state index is -0.246. The molecule has 4 aromatic rings. The Morgan fingerprint density at radius 1 is 1.24 bits per heavy atom. The summed E-state index contributed by atoms with van der Waals surface area (Å²) in [5.74, 6) is 0.818. The second-order valence-corrected chi connectivity index (χ2v) is 7.72. The van der Waals surface area contributed by atoms with E-state index in [2.05, 4.69) is 20.1 Å². The zero-order valence-electron chi connectivity index (χ0n) is 15.4. The SMILES string of the molecule is Cn1cnc2ncn(Cc3nc(C4CC(c5cc(Cl)ccc5F)C4)no3)c(=O)c21. The molecule has 148 valence electrons. The van der Waals surface area contributed by atoms with E-state index in [9.17, 15) is 9.18 Å². The lowest BCUT2D eigenvalue weighted by molar-refractivity contribution is 0.310. The van der Waals surface area contributed by atoms with Crippen molar-refractivity contribution >= 4 is 22.8 Å². The van der Waals surface area contributed by atoms with Crippen LogP contribution in [0.2, 0.25) is 5.02 Å². The molecule has 0 aliphatic heterocycles. The van der Waals surface area contributed by atoms with Gasteiger partial charge in [-0.25, -0.2) is 14.4 Å². The van der Waals surface area contributed by atoms with Crippen molar-refractivity contribution in [1.29, 1.82) is 0 Å². The predicted octanol–water partition coefficient (Wildman–Crippen LogP) is 3.02. The van der Waals surface area contributed by atoms with Gasteiger partial charge in [-0.1, -0.05) is 16.8 Å². The van der Waals surface area contributed by atoms with Crippen molar-refractivity contribution in [1.82, 2.24) is 29.2 Å². The molecule has 8 nitrogen and oxygen atoms in total. The largest absolute Gasteiger partial charge is 0.337 e. The highest BCUT2D eigenvalue weighted by Gasteiger charge is 2.36. The molecule has 0 N–H and O–H groups in total. The first-order chi connectivity index (χ1) is 14.0. The minimum absolute atomic E-state index is 0.0831. The number of fused-ring (bicyclic) bond motifs is 1. The van der Waals surface area contributed by atoms with Crippen LogP contribution in [-0.2, 0) is 13.6 Å². The van der Waals surface area contributed by atoms with Gasteiger partial charge < -0.3 is 9.09 Å². The highest BCUT2D eigenvalue weighted by molar-refractivity contribution is 6.30. The van der Waals surface area contributed by atoms with E-state index in [0.29, 0.717) is 33.5 Å². The third kappa shape index (κ3) is 3.11. The average molecular weight is 415 g/mol. The van der Waals surface area contributed by atoms with Crippen molar-refractivity contribution in [2.45, 2.75) is 31.2 Å². The molecule has 1 aliphatic carbocycles. The van der Waals surface area contributed by atoms with Gasteiger partial charge in [-0.15, -0.1) is 0 Å². The van der Waals surface area contributed by atoms with E-state index < -0.39 is 0 Å². The summed E-state index contributed by atoms with van der Waals surface area (Å²) in [7, 11) is 1.74. The number of aromatic nitrogens is 6. The Bertz CT molecular complexity index is 1270. The molecule has 0 saturated heterocycles. The van der Waals surface area contributed by atoms with Crippen LogP contribution in [0.1, 0.15) is 42.0 Å². The maximum absolute atomic E-state index is 14.0. The summed E-state index contributed by atoms with van der Waals surface area (Å²) in [6.45, 7) is 0.124. The molecule has 0 amide bonds. The Kier molecular flexibility index (Phi) is 4.20. The van der Waals surface area contributed by atoms with Gasteiger partial charge in [0, 0.05) is 18.0 Å². The average Bonchev–Trinajstić information content (AvgIpc) is 3.26. The number of rotatable bonds is 4. The molecule has 1 fully saturated rings. The summed E-state index contributed by atoms with van der Waals surface area (Å²) in [5.41, 5.74) is 1.21. The lowest BCUT2D eigenvalue weighted by atomic mass is 9.71. The first-order valence-corrected chi connectivity index (χ1v) is 9.51. The van der Waals surface area contributed by atoms with E-state index in [-0.39, 0.29) is 29.8 Å². The molecule has 0 spiro atoms. The van der Waals surface area contributed by atoms with Gasteiger partial charge >= 0.3 is 0 Å². The summed E-state index contributed by atoms with van der Waals surface area (Å²) < 4.78 is 22.4. The third-order valence-corrected chi connectivity index (χ3v) is 5.63. The molecule has 0 atom stereocenters. The maximum atomic E-state index is 14.0. The Hall–Kier alpha value is -3.07. The normalized spacial score (nSPS) is 18.9. The van der Waals surface area contributed by atoms with Crippen molar-refractivity contribution in [3.05, 3.63) is 69.3 Å². The topological polar surface area (TPSA) is 91.6 Å². The van der Waals surface area contributed by atoms with Gasteiger partial charge in [0.15, 0.2) is 17.0 Å². The lowest BCUT2D eigenvalue weighted by Gasteiger charge is -2.33. The van der Waals surface area contributed by atoms with Crippen LogP contribution in [0.3, 0.4) is 0 Å². The fraction of sp³-hybridized carbons (Fsp3) is 0.316. The molecular weight excluding hydrogens is 399 g/mol. The number of imidazole rings is 1. The van der Waals surface area contributed by atoms with Crippen LogP contribution in [0, 0.1) is 5.82 Å². The van der Waals surface area contributed by atoms with Crippen LogP contribution in [-0.4, -0.2) is 29.2 Å². The van der Waals surface area contributed by atoms with Crippen LogP contribution in [0.25, 0.3) is 11.2 Å². The van der Waals surface area contributed by atoms with E-state index in [1.807, 2.05) is 0 Å². The first kappa shape index (κ1) is 18.0. The molecule has 5 rings (SSSR count). The van der Waals surface area contributed by atoms with Gasteiger partial charge in [0.1, 0.15) is 18.7 Å². The van der Waals surface area contributed by atoms with Crippen molar-refractivity contribution < 1.29 is 8.91 Å². The Labute approximate surface area is 169 Å². The number of aryl methyl sites for hydroxylation is 1. The molecule has 1 aromatic carbocycles. The molecule has 0 radical (unpaired) electrons. The minimum Gasteiger partial charge on any atom is -0.337 e. The molecule has 1 saturated carbocycles. The summed E-state index contributed by atoms with van der Waals surface area (Å²) in [6, 6.07) is 4.61. The summed E-state index contributed by atoms with van der Waals surface area (Å²) in [5, 5.41) is 4.57. The second kappa shape index (κ2) is 6.77. The zero-order chi connectivity index (χ0) is 20.1. The molecule has 3 aromatic heterocycles. The van der Waals surface area contributed by atoms with Crippen LogP contribution >= 0.6 is 11.6 Å². The third-order valence-electron chi connectivity index (χ3n) is 5.39. The van der Waals surface area contributed by atoms with Gasteiger partial charge in [-0.2, -0.15) is 4.98 Å². The monoisotopic (exact) mass is 414 g/mol. The first-order valence-electron chi connectivity index (χ1n) is 9.13. The van der Waals surface area contributed by atoms with Crippen LogP contribution in [0.5, 0.6) is 0 Å². The molecule has 10 heteroatoms. The van der Waals surface area contributed by atoms with Crippen LogP contribution in [0.15, 0.2) is 40.2 Å². The van der Waals surface area contributed by atoms with Gasteiger partial charge in [0.25, 0.3) is 5.56 Å². The molecule has 0 bridgehead atoms. The van der Waals surface area contributed by atoms with Crippen LogP contribution in [0.4, 0.5) is 4.39 Å². The van der Waals surface area contributed by atoms with Crippen molar-refractivity contribution in [2.75, 3.05) is 0 Å². The molecule has 1 aliphatic rings. The molecule has 29 heavy (non-hydrogen) atoms. The van der Waals surface area contributed by atoms with Gasteiger partial charge in [-0.3, -0.25) is 9.36 Å². The fourth-order valence-corrected chi connectivity index (χ4v) is 3.92. The van der Waals surface area contributed by atoms with E-state index in [1.165, 1.54) is 17.0 Å². The summed E-state index contributed by atoms with van der Waals surface area (Å²) in [6.07, 6.45) is 4.41.